The van der Waals surface area contributed by atoms with Crippen LogP contribution in [0.3, 0.4) is 0 Å². The lowest BCUT2D eigenvalue weighted by atomic mass is 10.1. The third-order valence-electron chi connectivity index (χ3n) is 3.81. The normalized spacial score (nSPS) is 12.3. The summed E-state index contributed by atoms with van der Waals surface area (Å²) in [4.78, 5) is 33.6. The van der Waals surface area contributed by atoms with Gasteiger partial charge in [0, 0.05) is 10.6 Å². The van der Waals surface area contributed by atoms with Gasteiger partial charge in [-0.1, -0.05) is 23.9 Å². The van der Waals surface area contributed by atoms with E-state index in [0.29, 0.717) is 15.4 Å². The van der Waals surface area contributed by atoms with Crippen molar-refractivity contribution >= 4 is 44.9 Å². The van der Waals surface area contributed by atoms with E-state index in [1.807, 2.05) is 45.0 Å². The van der Waals surface area contributed by atoms with Gasteiger partial charge in [0.1, 0.15) is 4.83 Å². The Morgan fingerprint density at radius 2 is 2.04 bits per heavy atom. The number of aromatic amines is 1. The van der Waals surface area contributed by atoms with E-state index in [1.165, 1.54) is 23.1 Å². The Bertz CT molecular complexity index is 1010. The molecule has 3 rings (SSSR count). The third kappa shape index (κ3) is 3.93. The summed E-state index contributed by atoms with van der Waals surface area (Å²) < 4.78 is 0. The molecule has 7 heteroatoms. The van der Waals surface area contributed by atoms with Crippen molar-refractivity contribution in [2.45, 2.75) is 38.1 Å². The predicted octanol–water partition coefficient (Wildman–Crippen LogP) is 4.03. The van der Waals surface area contributed by atoms with E-state index in [0.717, 1.165) is 21.7 Å². The second kappa shape index (κ2) is 7.01. The number of nitrogens with one attached hydrogen (secondary N) is 2. The minimum atomic E-state index is -0.387. The molecule has 0 aliphatic carbocycles. The van der Waals surface area contributed by atoms with E-state index >= 15 is 0 Å². The number of aryl methyl sites for hydroxylation is 3. The number of H-pyrrole nitrogens is 1. The number of hydrogen-bond donors (Lipinski definition) is 2. The molecule has 1 unspecified atom stereocenters. The Hall–Kier alpha value is -2.12. The number of thioether (sulfide) groups is 1. The SMILES string of the molecule is Cc1ccc(C)c(NC(=O)C(C)Sc2nc3sc(C)cc3c(=O)[nH]2)c1. The standard InChI is InChI=1S/C18H19N3O2S2/c1-9-5-6-10(2)14(7-9)19-15(22)12(4)25-18-20-16(23)13-8-11(3)24-17(13)21-18/h5-8,12H,1-4H3,(H,19,22)(H,20,21,23). The van der Waals surface area contributed by atoms with Crippen molar-refractivity contribution in [2.24, 2.45) is 0 Å². The van der Waals surface area contributed by atoms with Crippen molar-refractivity contribution in [1.29, 1.82) is 0 Å². The molecule has 2 N–H and O–H groups in total. The van der Waals surface area contributed by atoms with E-state index in [1.54, 1.807) is 6.92 Å². The number of benzene rings is 1. The molecule has 5 nitrogen and oxygen atoms in total. The first-order valence-electron chi connectivity index (χ1n) is 7.88. The average Bonchev–Trinajstić information content (AvgIpc) is 2.91. The van der Waals surface area contributed by atoms with Gasteiger partial charge in [0.15, 0.2) is 5.16 Å². The molecule has 2 heterocycles. The molecule has 0 aliphatic heterocycles. The summed E-state index contributed by atoms with van der Waals surface area (Å²) in [6, 6.07) is 7.77. The molecule has 0 radical (unpaired) electrons. The lowest BCUT2D eigenvalue weighted by Gasteiger charge is -2.13. The smallest absolute Gasteiger partial charge is 0.260 e. The fourth-order valence-electron chi connectivity index (χ4n) is 2.41. The Labute approximate surface area is 153 Å². The summed E-state index contributed by atoms with van der Waals surface area (Å²) in [6.07, 6.45) is 0. The summed E-state index contributed by atoms with van der Waals surface area (Å²) in [5.74, 6) is -0.121. The molecule has 0 saturated carbocycles. The highest BCUT2D eigenvalue weighted by Crippen LogP contribution is 2.25. The fraction of sp³-hybridized carbons (Fsp3) is 0.278. The second-order valence-electron chi connectivity index (χ2n) is 6.01. The van der Waals surface area contributed by atoms with Crippen LogP contribution in [0.15, 0.2) is 34.2 Å². The maximum atomic E-state index is 12.5. The molecular formula is C18H19N3O2S2. The van der Waals surface area contributed by atoms with Gasteiger partial charge < -0.3 is 10.3 Å². The minimum Gasteiger partial charge on any atom is -0.325 e. The largest absolute Gasteiger partial charge is 0.325 e. The van der Waals surface area contributed by atoms with Gasteiger partial charge in [0.2, 0.25) is 5.91 Å². The van der Waals surface area contributed by atoms with Gasteiger partial charge in [-0.25, -0.2) is 4.98 Å². The summed E-state index contributed by atoms with van der Waals surface area (Å²) in [6.45, 7) is 7.69. The van der Waals surface area contributed by atoms with Gasteiger partial charge in [-0.3, -0.25) is 9.59 Å². The molecule has 3 aromatic rings. The van der Waals surface area contributed by atoms with Crippen LogP contribution < -0.4 is 10.9 Å². The third-order valence-corrected chi connectivity index (χ3v) is 5.74. The molecule has 1 amide bonds. The number of fused-ring (bicyclic) bond motifs is 1. The van der Waals surface area contributed by atoms with Crippen LogP contribution >= 0.6 is 23.1 Å². The van der Waals surface area contributed by atoms with Crippen molar-refractivity contribution in [3.63, 3.8) is 0 Å². The Balaban J connectivity index is 1.77. The van der Waals surface area contributed by atoms with Crippen LogP contribution in [0.4, 0.5) is 5.69 Å². The molecule has 25 heavy (non-hydrogen) atoms. The highest BCUT2D eigenvalue weighted by atomic mass is 32.2. The van der Waals surface area contributed by atoms with E-state index in [4.69, 9.17) is 0 Å². The Morgan fingerprint density at radius 1 is 1.28 bits per heavy atom. The quantitative estimate of drug-likeness (QED) is 0.535. The van der Waals surface area contributed by atoms with Crippen LogP contribution in [0.5, 0.6) is 0 Å². The number of rotatable bonds is 4. The maximum absolute atomic E-state index is 12.5. The molecule has 1 atom stereocenters. The average molecular weight is 374 g/mol. The van der Waals surface area contributed by atoms with Crippen LogP contribution in [0.1, 0.15) is 22.9 Å². The molecule has 130 valence electrons. The molecule has 0 spiro atoms. The van der Waals surface area contributed by atoms with E-state index in [2.05, 4.69) is 15.3 Å². The lowest BCUT2D eigenvalue weighted by Crippen LogP contribution is -2.23. The summed E-state index contributed by atoms with van der Waals surface area (Å²) in [5, 5.41) is 3.62. The van der Waals surface area contributed by atoms with Crippen molar-refractivity contribution in [2.75, 3.05) is 5.32 Å². The van der Waals surface area contributed by atoms with E-state index in [-0.39, 0.29) is 16.7 Å². The summed E-state index contributed by atoms with van der Waals surface area (Å²) >= 11 is 2.72. The first kappa shape index (κ1) is 17.7. The molecule has 0 bridgehead atoms. The van der Waals surface area contributed by atoms with Gasteiger partial charge in [0.25, 0.3) is 5.56 Å². The predicted molar refractivity (Wildman–Crippen MR) is 105 cm³/mol. The van der Waals surface area contributed by atoms with E-state index in [9.17, 15) is 9.59 Å². The lowest BCUT2D eigenvalue weighted by molar-refractivity contribution is -0.115. The topological polar surface area (TPSA) is 74.8 Å². The van der Waals surface area contributed by atoms with Crippen LogP contribution in [-0.4, -0.2) is 21.1 Å². The van der Waals surface area contributed by atoms with Gasteiger partial charge in [-0.05, 0) is 51.0 Å². The number of nitrogens with zero attached hydrogens (tertiary/aromatic N) is 1. The van der Waals surface area contributed by atoms with Gasteiger partial charge in [0.05, 0.1) is 10.6 Å². The van der Waals surface area contributed by atoms with Crippen LogP contribution in [0.25, 0.3) is 10.2 Å². The zero-order valence-electron chi connectivity index (χ0n) is 14.5. The number of hydrogen-bond acceptors (Lipinski definition) is 5. The first-order chi connectivity index (χ1) is 11.8. The fourth-order valence-corrected chi connectivity index (χ4v) is 4.15. The molecule has 2 aromatic heterocycles. The first-order valence-corrected chi connectivity index (χ1v) is 9.58. The Kier molecular flexibility index (Phi) is 4.96. The monoisotopic (exact) mass is 373 g/mol. The molecular weight excluding hydrogens is 354 g/mol. The molecule has 0 aliphatic rings. The highest BCUT2D eigenvalue weighted by molar-refractivity contribution is 8.00. The number of amides is 1. The number of carbonyl (C=O) groups excluding carboxylic acids is 1. The van der Waals surface area contributed by atoms with Gasteiger partial charge >= 0.3 is 0 Å². The van der Waals surface area contributed by atoms with Crippen molar-refractivity contribution in [3.8, 4) is 0 Å². The summed E-state index contributed by atoms with van der Waals surface area (Å²) in [5.41, 5.74) is 2.74. The number of anilines is 1. The number of thiophene rings is 1. The van der Waals surface area contributed by atoms with Gasteiger partial charge in [-0.2, -0.15) is 0 Å². The maximum Gasteiger partial charge on any atom is 0.260 e. The highest BCUT2D eigenvalue weighted by Gasteiger charge is 2.18. The zero-order chi connectivity index (χ0) is 18.1. The van der Waals surface area contributed by atoms with Gasteiger partial charge in [-0.15, -0.1) is 11.3 Å². The van der Waals surface area contributed by atoms with E-state index < -0.39 is 0 Å². The number of aromatic nitrogens is 2. The number of carbonyl (C=O) groups is 1. The second-order valence-corrected chi connectivity index (χ2v) is 8.58. The van der Waals surface area contributed by atoms with Crippen LogP contribution in [-0.2, 0) is 4.79 Å². The van der Waals surface area contributed by atoms with Crippen LogP contribution in [0.2, 0.25) is 0 Å². The van der Waals surface area contributed by atoms with Crippen molar-refractivity contribution < 1.29 is 4.79 Å². The zero-order valence-corrected chi connectivity index (χ0v) is 16.1. The molecule has 0 fully saturated rings. The van der Waals surface area contributed by atoms with Crippen LogP contribution in [0, 0.1) is 20.8 Å². The molecule has 1 aromatic carbocycles. The van der Waals surface area contributed by atoms with Crippen molar-refractivity contribution in [1.82, 2.24) is 9.97 Å². The minimum absolute atomic E-state index is 0.121. The summed E-state index contributed by atoms with van der Waals surface area (Å²) in [7, 11) is 0. The van der Waals surface area contributed by atoms with Crippen molar-refractivity contribution in [3.05, 3.63) is 50.6 Å². The Morgan fingerprint density at radius 3 is 2.80 bits per heavy atom. The molecule has 0 saturated heterocycles.